The van der Waals surface area contributed by atoms with Gasteiger partial charge in [0.1, 0.15) is 11.9 Å². The molecule has 0 heterocycles. The van der Waals surface area contributed by atoms with Crippen molar-refractivity contribution in [2.45, 2.75) is 59.1 Å². The molecule has 0 aliphatic heterocycles. The van der Waals surface area contributed by atoms with Gasteiger partial charge >= 0.3 is 0 Å². The number of ether oxygens (including phenoxy) is 1. The summed E-state index contributed by atoms with van der Waals surface area (Å²) >= 11 is 0. The minimum Gasteiger partial charge on any atom is -0.489 e. The highest BCUT2D eigenvalue weighted by molar-refractivity contribution is 5.39. The molecule has 0 fully saturated rings. The van der Waals surface area contributed by atoms with E-state index in [1.807, 2.05) is 6.92 Å². The minimum atomic E-state index is 0.0549. The smallest absolute Gasteiger partial charge is 0.123 e. The minimum absolute atomic E-state index is 0.0549. The van der Waals surface area contributed by atoms with E-state index in [2.05, 4.69) is 45.9 Å². The standard InChI is InChI=1S/C15H25NO/c1-6-14(16)12(5)17-15-9-11(4)7-8-13(15)10(2)3/h7-10,12,14H,6,16H2,1-5H3. The van der Waals surface area contributed by atoms with Crippen molar-refractivity contribution in [3.63, 3.8) is 0 Å². The normalized spacial score (nSPS) is 14.8. The molecule has 2 nitrogen and oxygen atoms in total. The van der Waals surface area contributed by atoms with Gasteiger partial charge in [0.15, 0.2) is 0 Å². The summed E-state index contributed by atoms with van der Waals surface area (Å²) in [5, 5.41) is 0. The first-order valence-electron chi connectivity index (χ1n) is 6.48. The molecule has 0 aliphatic rings. The van der Waals surface area contributed by atoms with Gasteiger partial charge in [-0.15, -0.1) is 0 Å². The lowest BCUT2D eigenvalue weighted by Crippen LogP contribution is -2.36. The van der Waals surface area contributed by atoms with Crippen molar-refractivity contribution in [2.24, 2.45) is 5.73 Å². The van der Waals surface area contributed by atoms with Crippen LogP contribution < -0.4 is 10.5 Å². The molecule has 0 radical (unpaired) electrons. The topological polar surface area (TPSA) is 35.2 Å². The second-order valence-electron chi connectivity index (χ2n) is 5.09. The predicted molar refractivity (Wildman–Crippen MR) is 73.6 cm³/mol. The number of hydrogen-bond donors (Lipinski definition) is 1. The Labute approximate surface area is 105 Å². The Kier molecular flexibility index (Phi) is 5.01. The van der Waals surface area contributed by atoms with Gasteiger partial charge in [-0.05, 0) is 43.4 Å². The molecule has 0 aromatic heterocycles. The molecule has 2 N–H and O–H groups in total. The summed E-state index contributed by atoms with van der Waals surface area (Å²) in [6.07, 6.45) is 0.989. The van der Waals surface area contributed by atoms with Crippen LogP contribution in [0.15, 0.2) is 18.2 Å². The van der Waals surface area contributed by atoms with Crippen molar-refractivity contribution >= 4 is 0 Å². The molecule has 0 saturated carbocycles. The van der Waals surface area contributed by atoms with E-state index >= 15 is 0 Å². The van der Waals surface area contributed by atoms with E-state index in [-0.39, 0.29) is 12.1 Å². The van der Waals surface area contributed by atoms with Crippen LogP contribution in [0.1, 0.15) is 51.2 Å². The second kappa shape index (κ2) is 6.06. The Balaban J connectivity index is 2.92. The average Bonchev–Trinajstić information content (AvgIpc) is 2.27. The SMILES string of the molecule is CCC(N)C(C)Oc1cc(C)ccc1C(C)C. The average molecular weight is 235 g/mol. The first-order valence-corrected chi connectivity index (χ1v) is 6.48. The molecule has 2 heteroatoms. The molecule has 2 unspecified atom stereocenters. The van der Waals surface area contributed by atoms with Crippen LogP contribution in [0.3, 0.4) is 0 Å². The summed E-state index contributed by atoms with van der Waals surface area (Å²) in [5.41, 5.74) is 8.48. The highest BCUT2D eigenvalue weighted by atomic mass is 16.5. The summed E-state index contributed by atoms with van der Waals surface area (Å²) in [7, 11) is 0. The summed E-state index contributed by atoms with van der Waals surface area (Å²) in [6, 6.07) is 6.48. The van der Waals surface area contributed by atoms with Crippen LogP contribution in [0.25, 0.3) is 0 Å². The van der Waals surface area contributed by atoms with Crippen LogP contribution >= 0.6 is 0 Å². The molecule has 2 atom stereocenters. The second-order valence-corrected chi connectivity index (χ2v) is 5.09. The number of aryl methyl sites for hydroxylation is 1. The summed E-state index contributed by atoms with van der Waals surface area (Å²) < 4.78 is 6.02. The molecule has 17 heavy (non-hydrogen) atoms. The third-order valence-corrected chi connectivity index (χ3v) is 3.18. The highest BCUT2D eigenvalue weighted by Crippen LogP contribution is 2.28. The summed E-state index contributed by atoms with van der Waals surface area (Å²) in [4.78, 5) is 0. The van der Waals surface area contributed by atoms with Gasteiger partial charge in [-0.1, -0.05) is 32.9 Å². The van der Waals surface area contributed by atoms with Gasteiger partial charge in [0.25, 0.3) is 0 Å². The number of benzene rings is 1. The van der Waals surface area contributed by atoms with E-state index in [4.69, 9.17) is 10.5 Å². The third kappa shape index (κ3) is 3.74. The van der Waals surface area contributed by atoms with Gasteiger partial charge in [-0.2, -0.15) is 0 Å². The van der Waals surface area contributed by atoms with Gasteiger partial charge < -0.3 is 10.5 Å². The molecule has 1 aromatic carbocycles. The lowest BCUT2D eigenvalue weighted by atomic mass is 10.0. The fourth-order valence-electron chi connectivity index (χ4n) is 1.84. The van der Waals surface area contributed by atoms with Crippen LogP contribution in [-0.4, -0.2) is 12.1 Å². The molecular formula is C15H25NO. The van der Waals surface area contributed by atoms with E-state index in [1.54, 1.807) is 0 Å². The monoisotopic (exact) mass is 235 g/mol. The van der Waals surface area contributed by atoms with Crippen LogP contribution in [0.4, 0.5) is 0 Å². The molecule has 96 valence electrons. The quantitative estimate of drug-likeness (QED) is 0.846. The van der Waals surface area contributed by atoms with Crippen molar-refractivity contribution in [3.8, 4) is 5.75 Å². The molecular weight excluding hydrogens is 210 g/mol. The van der Waals surface area contributed by atoms with Gasteiger partial charge in [-0.25, -0.2) is 0 Å². The van der Waals surface area contributed by atoms with E-state index in [0.717, 1.165) is 12.2 Å². The lowest BCUT2D eigenvalue weighted by Gasteiger charge is -2.23. The maximum absolute atomic E-state index is 6.02. The molecule has 0 amide bonds. The maximum Gasteiger partial charge on any atom is 0.123 e. The van der Waals surface area contributed by atoms with Crippen LogP contribution in [0.2, 0.25) is 0 Å². The molecule has 0 bridgehead atoms. The zero-order chi connectivity index (χ0) is 13.0. The van der Waals surface area contributed by atoms with E-state index in [1.165, 1.54) is 11.1 Å². The number of hydrogen-bond acceptors (Lipinski definition) is 2. The largest absolute Gasteiger partial charge is 0.489 e. The van der Waals surface area contributed by atoms with Crippen LogP contribution in [0, 0.1) is 6.92 Å². The fourth-order valence-corrected chi connectivity index (χ4v) is 1.84. The van der Waals surface area contributed by atoms with Crippen LogP contribution in [0.5, 0.6) is 5.75 Å². The highest BCUT2D eigenvalue weighted by Gasteiger charge is 2.15. The molecule has 1 rings (SSSR count). The van der Waals surface area contributed by atoms with Crippen molar-refractivity contribution < 1.29 is 4.74 Å². The van der Waals surface area contributed by atoms with Gasteiger partial charge in [0.2, 0.25) is 0 Å². The van der Waals surface area contributed by atoms with Crippen molar-refractivity contribution in [1.29, 1.82) is 0 Å². The predicted octanol–water partition coefficient (Wildman–Crippen LogP) is 3.62. The van der Waals surface area contributed by atoms with Gasteiger partial charge in [0, 0.05) is 6.04 Å². The fraction of sp³-hybridized carbons (Fsp3) is 0.600. The van der Waals surface area contributed by atoms with Crippen molar-refractivity contribution in [2.75, 3.05) is 0 Å². The number of rotatable bonds is 5. The van der Waals surface area contributed by atoms with Crippen molar-refractivity contribution in [1.82, 2.24) is 0 Å². The summed E-state index contributed by atoms with van der Waals surface area (Å²) in [6.45, 7) is 10.6. The maximum atomic E-state index is 6.02. The number of nitrogens with two attached hydrogens (primary N) is 1. The van der Waals surface area contributed by atoms with Gasteiger partial charge in [-0.3, -0.25) is 0 Å². The molecule has 1 aromatic rings. The van der Waals surface area contributed by atoms with Crippen LogP contribution in [-0.2, 0) is 0 Å². The first-order chi connectivity index (χ1) is 7.95. The molecule has 0 spiro atoms. The third-order valence-electron chi connectivity index (χ3n) is 3.18. The summed E-state index contributed by atoms with van der Waals surface area (Å²) in [5.74, 6) is 1.45. The molecule has 0 saturated heterocycles. The Hall–Kier alpha value is -1.02. The Bertz CT molecular complexity index is 360. The van der Waals surface area contributed by atoms with E-state index < -0.39 is 0 Å². The Morgan fingerprint density at radius 3 is 2.41 bits per heavy atom. The molecule has 0 aliphatic carbocycles. The first kappa shape index (κ1) is 14.0. The zero-order valence-electron chi connectivity index (χ0n) is 11.7. The van der Waals surface area contributed by atoms with Crippen molar-refractivity contribution in [3.05, 3.63) is 29.3 Å². The Morgan fingerprint density at radius 2 is 1.88 bits per heavy atom. The lowest BCUT2D eigenvalue weighted by molar-refractivity contribution is 0.185. The van der Waals surface area contributed by atoms with E-state index in [0.29, 0.717) is 5.92 Å². The van der Waals surface area contributed by atoms with E-state index in [9.17, 15) is 0 Å². The zero-order valence-corrected chi connectivity index (χ0v) is 11.7. The van der Waals surface area contributed by atoms with Gasteiger partial charge in [0.05, 0.1) is 0 Å². The Morgan fingerprint density at radius 1 is 1.24 bits per heavy atom.